The Bertz CT molecular complexity index is 135. The van der Waals surface area contributed by atoms with Gasteiger partial charge in [-0.1, -0.05) is 13.3 Å². The maximum atomic E-state index is 3.45. The van der Waals surface area contributed by atoms with Crippen molar-refractivity contribution in [2.45, 2.75) is 45.6 Å². The largest absolute Gasteiger partial charge is 0.315 e. The third-order valence-electron chi connectivity index (χ3n) is 3.06. The smallest absolute Gasteiger partial charge is 0.0153 e. The third kappa shape index (κ3) is 3.28. The molecule has 13 heavy (non-hydrogen) atoms. The van der Waals surface area contributed by atoms with Gasteiger partial charge in [0.15, 0.2) is 0 Å². The van der Waals surface area contributed by atoms with Crippen molar-refractivity contribution in [1.82, 2.24) is 10.2 Å². The predicted molar refractivity (Wildman–Crippen MR) is 58.0 cm³/mol. The Kier molecular flexibility index (Phi) is 4.20. The van der Waals surface area contributed by atoms with Crippen LogP contribution in [-0.2, 0) is 0 Å². The first-order chi connectivity index (χ1) is 6.17. The van der Waals surface area contributed by atoms with Crippen LogP contribution < -0.4 is 5.32 Å². The lowest BCUT2D eigenvalue weighted by atomic mass is 9.96. The molecule has 1 rings (SSSR count). The fraction of sp³-hybridized carbons (Fsp3) is 1.00. The molecule has 1 saturated heterocycles. The number of nitrogens with one attached hydrogen (secondary N) is 1. The normalized spacial score (nSPS) is 21.5. The van der Waals surface area contributed by atoms with Gasteiger partial charge in [0.05, 0.1) is 0 Å². The van der Waals surface area contributed by atoms with Crippen LogP contribution in [0.3, 0.4) is 0 Å². The number of hydrogen-bond donors (Lipinski definition) is 1. The van der Waals surface area contributed by atoms with Crippen LogP contribution in [0.15, 0.2) is 0 Å². The van der Waals surface area contributed by atoms with E-state index in [0.717, 1.165) is 6.54 Å². The van der Waals surface area contributed by atoms with Gasteiger partial charge in [-0.25, -0.2) is 0 Å². The Morgan fingerprint density at radius 3 is 2.69 bits per heavy atom. The summed E-state index contributed by atoms with van der Waals surface area (Å²) in [6, 6.07) is 0. The van der Waals surface area contributed by atoms with Crippen molar-refractivity contribution in [3.8, 4) is 0 Å². The van der Waals surface area contributed by atoms with Crippen LogP contribution in [0.5, 0.6) is 0 Å². The summed E-state index contributed by atoms with van der Waals surface area (Å²) in [7, 11) is 0. The van der Waals surface area contributed by atoms with Crippen molar-refractivity contribution in [2.24, 2.45) is 0 Å². The van der Waals surface area contributed by atoms with Crippen LogP contribution >= 0.6 is 0 Å². The quantitative estimate of drug-likeness (QED) is 0.720. The zero-order valence-corrected chi connectivity index (χ0v) is 9.40. The molecule has 0 spiro atoms. The van der Waals surface area contributed by atoms with E-state index < -0.39 is 0 Å². The van der Waals surface area contributed by atoms with Crippen molar-refractivity contribution < 1.29 is 0 Å². The summed E-state index contributed by atoms with van der Waals surface area (Å²) in [5.74, 6) is 0. The molecule has 0 bridgehead atoms. The topological polar surface area (TPSA) is 15.3 Å². The van der Waals surface area contributed by atoms with Gasteiger partial charge in [0, 0.05) is 18.6 Å². The van der Waals surface area contributed by atoms with Crippen LogP contribution in [-0.4, -0.2) is 36.6 Å². The van der Waals surface area contributed by atoms with Gasteiger partial charge >= 0.3 is 0 Å². The molecule has 0 atom stereocenters. The summed E-state index contributed by atoms with van der Waals surface area (Å²) in [5, 5.41) is 3.45. The Hall–Kier alpha value is -0.0800. The average molecular weight is 184 g/mol. The zero-order valence-electron chi connectivity index (χ0n) is 9.40. The first kappa shape index (κ1) is 11.0. The molecule has 1 heterocycles. The first-order valence-electron chi connectivity index (χ1n) is 5.62. The van der Waals surface area contributed by atoms with Crippen molar-refractivity contribution in [1.29, 1.82) is 0 Å². The van der Waals surface area contributed by atoms with Gasteiger partial charge in [0.25, 0.3) is 0 Å². The van der Waals surface area contributed by atoms with Crippen LogP contribution in [0, 0.1) is 0 Å². The molecule has 0 aromatic carbocycles. The molecule has 0 saturated carbocycles. The summed E-state index contributed by atoms with van der Waals surface area (Å²) >= 11 is 0. The fourth-order valence-corrected chi connectivity index (χ4v) is 2.22. The minimum absolute atomic E-state index is 0.404. The average Bonchev–Trinajstić information content (AvgIpc) is 2.31. The Balaban J connectivity index is 2.46. The highest BCUT2D eigenvalue weighted by Gasteiger charge is 2.25. The Labute approximate surface area is 82.7 Å². The summed E-state index contributed by atoms with van der Waals surface area (Å²) < 4.78 is 0. The molecule has 1 aliphatic rings. The highest BCUT2D eigenvalue weighted by molar-refractivity contribution is 4.82. The molecule has 0 unspecified atom stereocenters. The minimum Gasteiger partial charge on any atom is -0.315 e. The highest BCUT2D eigenvalue weighted by Crippen LogP contribution is 2.20. The summed E-state index contributed by atoms with van der Waals surface area (Å²) in [6.07, 6.45) is 3.90. The molecule has 78 valence electrons. The second-order valence-corrected chi connectivity index (χ2v) is 4.65. The van der Waals surface area contributed by atoms with Crippen molar-refractivity contribution >= 4 is 0 Å². The van der Waals surface area contributed by atoms with Crippen molar-refractivity contribution in [3.63, 3.8) is 0 Å². The van der Waals surface area contributed by atoms with Crippen LogP contribution in [0.1, 0.15) is 40.0 Å². The zero-order chi connectivity index (χ0) is 9.73. The maximum absolute atomic E-state index is 3.45. The van der Waals surface area contributed by atoms with Crippen molar-refractivity contribution in [3.05, 3.63) is 0 Å². The van der Waals surface area contributed by atoms with E-state index in [1.807, 2.05) is 0 Å². The summed E-state index contributed by atoms with van der Waals surface area (Å²) in [4.78, 5) is 2.64. The highest BCUT2D eigenvalue weighted by atomic mass is 15.2. The lowest BCUT2D eigenvalue weighted by molar-refractivity contribution is 0.119. The lowest BCUT2D eigenvalue weighted by Crippen LogP contribution is -2.45. The second kappa shape index (κ2) is 4.97. The van der Waals surface area contributed by atoms with E-state index in [4.69, 9.17) is 0 Å². The molecule has 1 aliphatic heterocycles. The molecular weight excluding hydrogens is 160 g/mol. The number of rotatable bonds is 3. The fourth-order valence-electron chi connectivity index (χ4n) is 2.22. The minimum atomic E-state index is 0.404. The Morgan fingerprint density at radius 1 is 1.23 bits per heavy atom. The molecule has 0 amide bonds. The van der Waals surface area contributed by atoms with Crippen LogP contribution in [0.25, 0.3) is 0 Å². The van der Waals surface area contributed by atoms with Gasteiger partial charge in [0.2, 0.25) is 0 Å². The van der Waals surface area contributed by atoms with Gasteiger partial charge in [-0.05, 0) is 39.8 Å². The molecule has 1 fully saturated rings. The molecule has 0 aromatic rings. The van der Waals surface area contributed by atoms with Gasteiger partial charge in [-0.2, -0.15) is 0 Å². The summed E-state index contributed by atoms with van der Waals surface area (Å²) in [5.41, 5.74) is 0.404. The molecule has 2 heteroatoms. The molecular formula is C11H24N2. The number of nitrogens with zero attached hydrogens (tertiary/aromatic N) is 1. The molecule has 2 nitrogen and oxygen atoms in total. The van der Waals surface area contributed by atoms with Gasteiger partial charge < -0.3 is 5.32 Å². The van der Waals surface area contributed by atoms with E-state index in [-0.39, 0.29) is 0 Å². The lowest BCUT2D eigenvalue weighted by Gasteiger charge is -2.37. The van der Waals surface area contributed by atoms with E-state index in [1.165, 1.54) is 38.9 Å². The third-order valence-corrected chi connectivity index (χ3v) is 3.06. The number of hydrogen-bond acceptors (Lipinski definition) is 2. The van der Waals surface area contributed by atoms with Gasteiger partial charge in [0.1, 0.15) is 0 Å². The SMILES string of the molecule is CCCC(C)(C)N1CCCNCC1. The van der Waals surface area contributed by atoms with Crippen molar-refractivity contribution in [2.75, 3.05) is 26.2 Å². The van der Waals surface area contributed by atoms with E-state index >= 15 is 0 Å². The molecule has 0 aliphatic carbocycles. The summed E-state index contributed by atoms with van der Waals surface area (Å²) in [6.45, 7) is 11.9. The van der Waals surface area contributed by atoms with Crippen LogP contribution in [0.4, 0.5) is 0 Å². The van der Waals surface area contributed by atoms with E-state index in [0.29, 0.717) is 5.54 Å². The predicted octanol–water partition coefficient (Wildman–Crippen LogP) is 1.86. The van der Waals surface area contributed by atoms with E-state index in [1.54, 1.807) is 0 Å². The Morgan fingerprint density at radius 2 is 2.00 bits per heavy atom. The van der Waals surface area contributed by atoms with E-state index in [9.17, 15) is 0 Å². The van der Waals surface area contributed by atoms with E-state index in [2.05, 4.69) is 31.0 Å². The molecule has 0 radical (unpaired) electrons. The maximum Gasteiger partial charge on any atom is 0.0153 e. The van der Waals surface area contributed by atoms with Gasteiger partial charge in [-0.15, -0.1) is 0 Å². The molecule has 0 aromatic heterocycles. The standard InChI is InChI=1S/C11H24N2/c1-4-6-11(2,3)13-9-5-7-12-8-10-13/h12H,4-10H2,1-3H3. The van der Waals surface area contributed by atoms with Crippen LogP contribution in [0.2, 0.25) is 0 Å². The first-order valence-corrected chi connectivity index (χ1v) is 5.62. The van der Waals surface area contributed by atoms with Gasteiger partial charge in [-0.3, -0.25) is 4.90 Å². The second-order valence-electron chi connectivity index (χ2n) is 4.65. The monoisotopic (exact) mass is 184 g/mol. The molecule has 1 N–H and O–H groups in total.